The maximum atomic E-state index is 13.8. The number of urea groups is 1. The summed E-state index contributed by atoms with van der Waals surface area (Å²) in [7, 11) is 1.31. The van der Waals surface area contributed by atoms with E-state index in [0.29, 0.717) is 5.56 Å². The number of rotatable bonds is 5. The molecule has 1 heterocycles. The van der Waals surface area contributed by atoms with Crippen LogP contribution in [0.2, 0.25) is 0 Å². The first-order valence-electron chi connectivity index (χ1n) is 7.81. The molecule has 1 fully saturated rings. The van der Waals surface area contributed by atoms with Crippen LogP contribution >= 0.6 is 0 Å². The van der Waals surface area contributed by atoms with Gasteiger partial charge in [0.05, 0.1) is 18.6 Å². The average molecular weight is 371 g/mol. The number of hydrogen-bond acceptors (Lipinski definition) is 5. The largest absolute Gasteiger partial charge is 0.490 e. The molecule has 1 aliphatic heterocycles. The minimum Gasteiger partial charge on any atom is -0.490 e. The Balaban J connectivity index is 1.87. The number of halogens is 1. The number of carbonyl (C=O) groups is 2. The van der Waals surface area contributed by atoms with Crippen LogP contribution < -0.4 is 10.1 Å². The molecular formula is C18H14FN3O5. The summed E-state index contributed by atoms with van der Waals surface area (Å²) in [6.45, 7) is -0.225. The first-order chi connectivity index (χ1) is 12.9. The molecule has 0 unspecified atom stereocenters. The van der Waals surface area contributed by atoms with Crippen LogP contribution in [-0.2, 0) is 11.3 Å². The summed E-state index contributed by atoms with van der Waals surface area (Å²) >= 11 is 0. The van der Waals surface area contributed by atoms with Gasteiger partial charge < -0.3 is 10.1 Å². The normalized spacial score (nSPS) is 15.2. The molecule has 1 saturated heterocycles. The maximum Gasteiger partial charge on any atom is 0.329 e. The summed E-state index contributed by atoms with van der Waals surface area (Å²) in [6, 6.07) is 9.26. The lowest BCUT2D eigenvalue weighted by Gasteiger charge is -2.12. The van der Waals surface area contributed by atoms with Crippen molar-refractivity contribution in [2.45, 2.75) is 6.54 Å². The Hall–Kier alpha value is -3.75. The van der Waals surface area contributed by atoms with Crippen LogP contribution in [-0.4, -0.2) is 28.9 Å². The van der Waals surface area contributed by atoms with E-state index in [1.165, 1.54) is 49.6 Å². The van der Waals surface area contributed by atoms with Gasteiger partial charge in [0.1, 0.15) is 11.5 Å². The Bertz CT molecular complexity index is 973. The molecule has 1 aliphatic rings. The fraction of sp³-hybridized carbons (Fsp3) is 0.111. The van der Waals surface area contributed by atoms with Gasteiger partial charge >= 0.3 is 11.7 Å². The topological polar surface area (TPSA) is 102 Å². The second kappa shape index (κ2) is 7.24. The van der Waals surface area contributed by atoms with Crippen LogP contribution in [0.1, 0.15) is 11.1 Å². The van der Waals surface area contributed by atoms with Crippen molar-refractivity contribution >= 4 is 23.7 Å². The van der Waals surface area contributed by atoms with Crippen LogP contribution in [0.4, 0.5) is 14.9 Å². The minimum atomic E-state index is -0.697. The lowest BCUT2D eigenvalue weighted by Crippen LogP contribution is -2.30. The van der Waals surface area contributed by atoms with Crippen molar-refractivity contribution in [2.75, 3.05) is 7.11 Å². The van der Waals surface area contributed by atoms with E-state index in [9.17, 15) is 24.1 Å². The van der Waals surface area contributed by atoms with Gasteiger partial charge in [-0.3, -0.25) is 19.8 Å². The third-order valence-electron chi connectivity index (χ3n) is 3.96. The van der Waals surface area contributed by atoms with Crippen LogP contribution in [0.3, 0.4) is 0 Å². The SMILES string of the molecule is COc1ccc(/C=C2/NC(=O)N(Cc3ccccc3F)C2=O)cc1[N+](=O)[O-]. The zero-order valence-corrected chi connectivity index (χ0v) is 14.1. The summed E-state index contributed by atoms with van der Waals surface area (Å²) in [4.78, 5) is 35.9. The number of imide groups is 1. The predicted molar refractivity (Wildman–Crippen MR) is 93.1 cm³/mol. The Morgan fingerprint density at radius 3 is 2.67 bits per heavy atom. The van der Waals surface area contributed by atoms with Gasteiger partial charge in [-0.05, 0) is 23.8 Å². The van der Waals surface area contributed by atoms with Crippen molar-refractivity contribution < 1.29 is 23.6 Å². The molecule has 0 spiro atoms. The molecule has 138 valence electrons. The van der Waals surface area contributed by atoms with E-state index in [1.807, 2.05) is 0 Å². The van der Waals surface area contributed by atoms with Crippen molar-refractivity contribution in [3.63, 3.8) is 0 Å². The van der Waals surface area contributed by atoms with Gasteiger partial charge in [0, 0.05) is 11.6 Å². The van der Waals surface area contributed by atoms with Crippen molar-refractivity contribution in [2.24, 2.45) is 0 Å². The number of carbonyl (C=O) groups excluding carboxylic acids is 2. The summed E-state index contributed by atoms with van der Waals surface area (Å²) in [5, 5.41) is 13.5. The zero-order chi connectivity index (χ0) is 19.6. The van der Waals surface area contributed by atoms with E-state index in [-0.39, 0.29) is 29.2 Å². The summed E-state index contributed by atoms with van der Waals surface area (Å²) in [6.07, 6.45) is 1.31. The van der Waals surface area contributed by atoms with Gasteiger partial charge in [0.2, 0.25) is 0 Å². The van der Waals surface area contributed by atoms with Crippen molar-refractivity contribution in [1.82, 2.24) is 10.2 Å². The molecule has 2 aromatic rings. The van der Waals surface area contributed by atoms with Gasteiger partial charge in [-0.25, -0.2) is 9.18 Å². The monoisotopic (exact) mass is 371 g/mol. The number of nitrogens with one attached hydrogen (secondary N) is 1. The number of nitrogens with zero attached hydrogens (tertiary/aromatic N) is 2. The zero-order valence-electron chi connectivity index (χ0n) is 14.1. The second-order valence-electron chi connectivity index (χ2n) is 5.66. The van der Waals surface area contributed by atoms with Gasteiger partial charge in [-0.2, -0.15) is 0 Å². The molecule has 9 heteroatoms. The van der Waals surface area contributed by atoms with E-state index >= 15 is 0 Å². The highest BCUT2D eigenvalue weighted by molar-refractivity contribution is 6.13. The van der Waals surface area contributed by atoms with Gasteiger partial charge in [0.25, 0.3) is 5.91 Å². The number of nitro groups is 1. The van der Waals surface area contributed by atoms with Crippen molar-refractivity contribution in [1.29, 1.82) is 0 Å². The van der Waals surface area contributed by atoms with Crippen LogP contribution in [0.5, 0.6) is 5.75 Å². The number of nitro benzene ring substituents is 1. The fourth-order valence-corrected chi connectivity index (χ4v) is 2.62. The number of amides is 3. The highest BCUT2D eigenvalue weighted by Crippen LogP contribution is 2.29. The predicted octanol–water partition coefficient (Wildman–Crippen LogP) is 2.84. The van der Waals surface area contributed by atoms with Gasteiger partial charge in [0.15, 0.2) is 5.75 Å². The third-order valence-corrected chi connectivity index (χ3v) is 3.96. The third kappa shape index (κ3) is 3.61. The Labute approximate surface area is 153 Å². The number of benzene rings is 2. The molecular weight excluding hydrogens is 357 g/mol. The standard InChI is InChI=1S/C18H14FN3O5/c1-27-16-7-6-11(9-15(16)22(25)26)8-14-17(23)21(18(24)20-14)10-12-4-2-3-5-13(12)19/h2-9H,10H2,1H3,(H,20,24)/b14-8+. The van der Waals surface area contributed by atoms with E-state index < -0.39 is 22.7 Å². The van der Waals surface area contributed by atoms with Crippen molar-refractivity contribution in [3.05, 3.63) is 75.2 Å². The van der Waals surface area contributed by atoms with Crippen LogP contribution in [0, 0.1) is 15.9 Å². The van der Waals surface area contributed by atoms with E-state index in [1.54, 1.807) is 6.07 Å². The first kappa shape index (κ1) is 18.1. The van der Waals surface area contributed by atoms with Gasteiger partial charge in [-0.15, -0.1) is 0 Å². The molecule has 0 saturated carbocycles. The molecule has 3 rings (SSSR count). The molecule has 27 heavy (non-hydrogen) atoms. The highest BCUT2D eigenvalue weighted by Gasteiger charge is 2.34. The second-order valence-corrected chi connectivity index (χ2v) is 5.66. The molecule has 0 aromatic heterocycles. The molecule has 1 N–H and O–H groups in total. The molecule has 8 nitrogen and oxygen atoms in total. The van der Waals surface area contributed by atoms with E-state index in [0.717, 1.165) is 4.90 Å². The Morgan fingerprint density at radius 2 is 2.00 bits per heavy atom. The molecule has 3 amide bonds. The average Bonchev–Trinajstić information content (AvgIpc) is 2.90. The number of ether oxygens (including phenoxy) is 1. The molecule has 0 atom stereocenters. The Morgan fingerprint density at radius 1 is 1.26 bits per heavy atom. The highest BCUT2D eigenvalue weighted by atomic mass is 19.1. The summed E-state index contributed by atoms with van der Waals surface area (Å²) < 4.78 is 18.7. The lowest BCUT2D eigenvalue weighted by molar-refractivity contribution is -0.385. The lowest BCUT2D eigenvalue weighted by atomic mass is 10.1. The summed E-state index contributed by atoms with van der Waals surface area (Å²) in [5.74, 6) is -1.10. The Kier molecular flexibility index (Phi) is 4.84. The quantitative estimate of drug-likeness (QED) is 0.377. The first-order valence-corrected chi connectivity index (χ1v) is 7.81. The van der Waals surface area contributed by atoms with Crippen LogP contribution in [0.15, 0.2) is 48.2 Å². The minimum absolute atomic E-state index is 0.0594. The molecule has 0 radical (unpaired) electrons. The smallest absolute Gasteiger partial charge is 0.329 e. The number of hydrogen-bond donors (Lipinski definition) is 1. The number of methoxy groups -OCH3 is 1. The van der Waals surface area contributed by atoms with E-state index in [2.05, 4.69) is 5.32 Å². The molecule has 0 bridgehead atoms. The molecule has 0 aliphatic carbocycles. The van der Waals surface area contributed by atoms with Crippen molar-refractivity contribution in [3.8, 4) is 5.75 Å². The van der Waals surface area contributed by atoms with Crippen LogP contribution in [0.25, 0.3) is 6.08 Å². The molecule has 2 aromatic carbocycles. The summed E-state index contributed by atoms with van der Waals surface area (Å²) in [5.41, 5.74) is 0.198. The van der Waals surface area contributed by atoms with Gasteiger partial charge in [-0.1, -0.05) is 24.3 Å². The van der Waals surface area contributed by atoms with E-state index in [4.69, 9.17) is 4.74 Å². The maximum absolute atomic E-state index is 13.8. The fourth-order valence-electron chi connectivity index (χ4n) is 2.62.